The van der Waals surface area contributed by atoms with Crippen molar-refractivity contribution >= 4 is 21.9 Å². The number of nitrogens with one attached hydrogen (secondary N) is 1. The van der Waals surface area contributed by atoms with Crippen LogP contribution in [-0.4, -0.2) is 56.5 Å². The van der Waals surface area contributed by atoms with Gasteiger partial charge in [0, 0.05) is 26.1 Å². The maximum atomic E-state index is 12.2. The Morgan fingerprint density at radius 3 is 2.46 bits per heavy atom. The Labute approximate surface area is 153 Å². The van der Waals surface area contributed by atoms with E-state index >= 15 is 0 Å². The summed E-state index contributed by atoms with van der Waals surface area (Å²) in [6.07, 6.45) is -0.0185. The minimum absolute atomic E-state index is 0.0185. The Hall–Kier alpha value is -2.13. The van der Waals surface area contributed by atoms with Crippen LogP contribution in [0.25, 0.3) is 0 Å². The molecule has 1 aliphatic rings. The van der Waals surface area contributed by atoms with E-state index in [1.807, 2.05) is 6.92 Å². The van der Waals surface area contributed by atoms with Crippen LogP contribution in [-0.2, 0) is 19.6 Å². The number of benzene rings is 1. The first-order valence-corrected chi connectivity index (χ1v) is 9.96. The standard InChI is InChI=1S/C17H24N2O6S/c1-3-25-13-4-6-14(7-5-13)26(23,24)18-9-8-16(20)19-10-12(2)15(11-19)17(21)22/h4-7,12,15,18H,3,8-11H2,1-2H3,(H,21,22)/t12-,15-/m1/s1. The van der Waals surface area contributed by atoms with Crippen molar-refractivity contribution < 1.29 is 27.9 Å². The van der Waals surface area contributed by atoms with Crippen LogP contribution in [0, 0.1) is 11.8 Å². The van der Waals surface area contributed by atoms with Crippen LogP contribution < -0.4 is 9.46 Å². The number of hydrogen-bond acceptors (Lipinski definition) is 5. The van der Waals surface area contributed by atoms with Gasteiger partial charge in [-0.1, -0.05) is 6.92 Å². The molecule has 26 heavy (non-hydrogen) atoms. The predicted octanol–water partition coefficient (Wildman–Crippen LogP) is 0.933. The Morgan fingerprint density at radius 2 is 1.92 bits per heavy atom. The number of sulfonamides is 1. The molecule has 0 radical (unpaired) electrons. The lowest BCUT2D eigenvalue weighted by Crippen LogP contribution is -2.33. The average Bonchev–Trinajstić information content (AvgIpc) is 2.98. The number of likely N-dealkylation sites (tertiary alicyclic amines) is 1. The zero-order valence-corrected chi connectivity index (χ0v) is 15.7. The van der Waals surface area contributed by atoms with Gasteiger partial charge in [-0.05, 0) is 37.1 Å². The lowest BCUT2D eigenvalue weighted by atomic mass is 9.99. The summed E-state index contributed by atoms with van der Waals surface area (Å²) in [6, 6.07) is 6.02. The van der Waals surface area contributed by atoms with E-state index in [4.69, 9.17) is 9.84 Å². The molecule has 1 amide bonds. The summed E-state index contributed by atoms with van der Waals surface area (Å²) in [7, 11) is -3.72. The van der Waals surface area contributed by atoms with Crippen molar-refractivity contribution in [1.29, 1.82) is 0 Å². The monoisotopic (exact) mass is 384 g/mol. The molecule has 0 bridgehead atoms. The molecule has 0 unspecified atom stereocenters. The van der Waals surface area contributed by atoms with Crippen LogP contribution >= 0.6 is 0 Å². The third kappa shape index (κ3) is 4.95. The summed E-state index contributed by atoms with van der Waals surface area (Å²) in [5.41, 5.74) is 0. The van der Waals surface area contributed by atoms with Gasteiger partial charge in [-0.15, -0.1) is 0 Å². The fraction of sp³-hybridized carbons (Fsp3) is 0.529. The summed E-state index contributed by atoms with van der Waals surface area (Å²) >= 11 is 0. The van der Waals surface area contributed by atoms with E-state index in [1.54, 1.807) is 19.1 Å². The molecule has 2 rings (SSSR count). The third-order valence-corrected chi connectivity index (χ3v) is 5.84. The molecule has 0 aromatic heterocycles. The molecule has 1 aromatic carbocycles. The number of nitrogens with zero attached hydrogens (tertiary/aromatic N) is 1. The van der Waals surface area contributed by atoms with Gasteiger partial charge in [0.2, 0.25) is 15.9 Å². The first-order chi connectivity index (χ1) is 12.2. The Bertz CT molecular complexity index is 747. The molecule has 1 aliphatic heterocycles. The minimum atomic E-state index is -3.72. The molecular formula is C17H24N2O6S. The van der Waals surface area contributed by atoms with E-state index in [0.29, 0.717) is 18.9 Å². The van der Waals surface area contributed by atoms with E-state index in [0.717, 1.165) is 0 Å². The summed E-state index contributed by atoms with van der Waals surface area (Å²) in [5, 5.41) is 9.11. The van der Waals surface area contributed by atoms with Crippen LogP contribution in [0.2, 0.25) is 0 Å². The zero-order chi connectivity index (χ0) is 19.3. The van der Waals surface area contributed by atoms with Gasteiger partial charge in [0.1, 0.15) is 5.75 Å². The first kappa shape index (κ1) is 20.2. The molecule has 2 N–H and O–H groups in total. The molecule has 1 aromatic rings. The van der Waals surface area contributed by atoms with Crippen molar-refractivity contribution in [1.82, 2.24) is 9.62 Å². The van der Waals surface area contributed by atoms with Crippen LogP contribution in [0.5, 0.6) is 5.75 Å². The Morgan fingerprint density at radius 1 is 1.27 bits per heavy atom. The molecule has 0 aliphatic carbocycles. The normalized spacial score (nSPS) is 20.2. The van der Waals surface area contributed by atoms with Gasteiger partial charge in [0.15, 0.2) is 0 Å². The maximum Gasteiger partial charge on any atom is 0.308 e. The SMILES string of the molecule is CCOc1ccc(S(=O)(=O)NCCC(=O)N2C[C@@H](C)[C@H](C(=O)O)C2)cc1. The van der Waals surface area contributed by atoms with Gasteiger partial charge in [0.05, 0.1) is 17.4 Å². The first-order valence-electron chi connectivity index (χ1n) is 8.47. The topological polar surface area (TPSA) is 113 Å². The summed E-state index contributed by atoms with van der Waals surface area (Å²) in [4.78, 5) is 24.9. The largest absolute Gasteiger partial charge is 0.494 e. The molecule has 0 saturated carbocycles. The summed E-state index contributed by atoms with van der Waals surface area (Å²) < 4.78 is 32.1. The highest BCUT2D eigenvalue weighted by Crippen LogP contribution is 2.23. The number of amides is 1. The van der Waals surface area contributed by atoms with Crippen LogP contribution in [0.1, 0.15) is 20.3 Å². The van der Waals surface area contributed by atoms with Crippen molar-refractivity contribution in [3.63, 3.8) is 0 Å². The Kier molecular flexibility index (Phi) is 6.60. The van der Waals surface area contributed by atoms with Crippen molar-refractivity contribution in [3.05, 3.63) is 24.3 Å². The van der Waals surface area contributed by atoms with Gasteiger partial charge in [-0.3, -0.25) is 9.59 Å². The summed E-state index contributed by atoms with van der Waals surface area (Å²) in [5.74, 6) is -1.27. The highest BCUT2D eigenvalue weighted by molar-refractivity contribution is 7.89. The molecule has 2 atom stereocenters. The number of rotatable bonds is 8. The van der Waals surface area contributed by atoms with Crippen LogP contribution in [0.3, 0.4) is 0 Å². The van der Waals surface area contributed by atoms with E-state index in [2.05, 4.69) is 4.72 Å². The number of carboxylic acids is 1. The smallest absolute Gasteiger partial charge is 0.308 e. The molecule has 1 heterocycles. The fourth-order valence-electron chi connectivity index (χ4n) is 2.91. The number of ether oxygens (including phenoxy) is 1. The number of carbonyl (C=O) groups excluding carboxylic acids is 1. The van der Waals surface area contributed by atoms with E-state index in [1.165, 1.54) is 17.0 Å². The van der Waals surface area contributed by atoms with E-state index in [-0.39, 0.29) is 36.2 Å². The highest BCUT2D eigenvalue weighted by atomic mass is 32.2. The predicted molar refractivity (Wildman–Crippen MR) is 94.3 cm³/mol. The molecule has 8 nitrogen and oxygen atoms in total. The van der Waals surface area contributed by atoms with Gasteiger partial charge >= 0.3 is 5.97 Å². The lowest BCUT2D eigenvalue weighted by Gasteiger charge is -2.16. The molecule has 144 valence electrons. The molecule has 9 heteroatoms. The minimum Gasteiger partial charge on any atom is -0.494 e. The average molecular weight is 384 g/mol. The van der Waals surface area contributed by atoms with Gasteiger partial charge in [0.25, 0.3) is 0 Å². The molecule has 1 fully saturated rings. The second kappa shape index (κ2) is 8.50. The lowest BCUT2D eigenvalue weighted by molar-refractivity contribution is -0.142. The van der Waals surface area contributed by atoms with Crippen molar-refractivity contribution in [3.8, 4) is 5.75 Å². The van der Waals surface area contributed by atoms with Gasteiger partial charge in [-0.25, -0.2) is 13.1 Å². The third-order valence-electron chi connectivity index (χ3n) is 4.36. The fourth-order valence-corrected chi connectivity index (χ4v) is 3.94. The zero-order valence-electron chi connectivity index (χ0n) is 14.8. The number of hydrogen-bond donors (Lipinski definition) is 2. The highest BCUT2D eigenvalue weighted by Gasteiger charge is 2.36. The van der Waals surface area contributed by atoms with Gasteiger partial charge in [-0.2, -0.15) is 0 Å². The quantitative estimate of drug-likeness (QED) is 0.689. The van der Waals surface area contributed by atoms with Crippen molar-refractivity contribution in [2.45, 2.75) is 25.2 Å². The number of carboxylic acid groups (broad SMARTS) is 1. The summed E-state index contributed by atoms with van der Waals surface area (Å²) in [6.45, 7) is 4.62. The number of aliphatic carboxylic acids is 1. The van der Waals surface area contributed by atoms with Crippen LogP contribution in [0.15, 0.2) is 29.2 Å². The molecule has 0 spiro atoms. The number of carbonyl (C=O) groups is 2. The second-order valence-electron chi connectivity index (χ2n) is 6.27. The van der Waals surface area contributed by atoms with Crippen LogP contribution in [0.4, 0.5) is 0 Å². The molecular weight excluding hydrogens is 360 g/mol. The van der Waals surface area contributed by atoms with E-state index < -0.39 is 21.9 Å². The second-order valence-corrected chi connectivity index (χ2v) is 8.04. The van der Waals surface area contributed by atoms with Gasteiger partial charge < -0.3 is 14.7 Å². The Balaban J connectivity index is 1.86. The van der Waals surface area contributed by atoms with E-state index in [9.17, 15) is 18.0 Å². The van der Waals surface area contributed by atoms with Crippen molar-refractivity contribution in [2.75, 3.05) is 26.2 Å². The van der Waals surface area contributed by atoms with Crippen molar-refractivity contribution in [2.24, 2.45) is 11.8 Å². The molecule has 1 saturated heterocycles. The maximum absolute atomic E-state index is 12.2.